The summed E-state index contributed by atoms with van der Waals surface area (Å²) in [6.07, 6.45) is 0. The van der Waals surface area contributed by atoms with Crippen LogP contribution in [0.15, 0.2) is 72.8 Å². The molecule has 1 aliphatic heterocycles. The second-order valence-corrected chi connectivity index (χ2v) is 6.79. The van der Waals surface area contributed by atoms with Gasteiger partial charge in [-0.15, -0.1) is 0 Å². The first-order valence-corrected chi connectivity index (χ1v) is 9.07. The minimum atomic E-state index is -0.0416. The number of benzene rings is 3. The predicted molar refractivity (Wildman–Crippen MR) is 108 cm³/mol. The van der Waals surface area contributed by atoms with E-state index in [1.807, 2.05) is 60.7 Å². The van der Waals surface area contributed by atoms with Gasteiger partial charge in [-0.1, -0.05) is 30.3 Å². The highest BCUT2D eigenvalue weighted by Crippen LogP contribution is 2.33. The fourth-order valence-corrected chi connectivity index (χ4v) is 3.58. The van der Waals surface area contributed by atoms with Gasteiger partial charge in [-0.3, -0.25) is 4.79 Å². The minimum absolute atomic E-state index is 0.0416. The maximum absolute atomic E-state index is 13.1. The van der Waals surface area contributed by atoms with Gasteiger partial charge in [0.25, 0.3) is 0 Å². The number of rotatable bonds is 1. The average molecular weight is 367 g/mol. The third-order valence-corrected chi connectivity index (χ3v) is 5.00. The number of ether oxygens (including phenoxy) is 2. The highest BCUT2D eigenvalue weighted by atomic mass is 16.5. The van der Waals surface area contributed by atoms with Crippen LogP contribution in [0.25, 0.3) is 22.0 Å². The van der Waals surface area contributed by atoms with Crippen molar-refractivity contribution in [3.05, 3.63) is 89.5 Å². The van der Waals surface area contributed by atoms with Crippen molar-refractivity contribution in [1.82, 2.24) is 4.98 Å². The Hall–Kier alpha value is -3.66. The zero-order valence-electron chi connectivity index (χ0n) is 15.3. The Kier molecular flexibility index (Phi) is 3.83. The highest BCUT2D eigenvalue weighted by Gasteiger charge is 2.15. The fourth-order valence-electron chi connectivity index (χ4n) is 3.58. The van der Waals surface area contributed by atoms with E-state index in [0.717, 1.165) is 27.6 Å². The van der Waals surface area contributed by atoms with Gasteiger partial charge in [-0.25, -0.2) is 4.98 Å². The molecule has 0 spiro atoms. The lowest BCUT2D eigenvalue weighted by molar-refractivity contribution is 0.103. The van der Waals surface area contributed by atoms with Gasteiger partial charge in [0.15, 0.2) is 5.78 Å². The number of ketones is 1. The van der Waals surface area contributed by atoms with E-state index in [1.165, 1.54) is 0 Å². The Labute approximate surface area is 162 Å². The zero-order chi connectivity index (χ0) is 19.1. The molecule has 5 rings (SSSR count). The first-order chi connectivity index (χ1) is 13.7. The summed E-state index contributed by atoms with van der Waals surface area (Å²) in [5, 5.41) is 0.917. The number of carbonyl (C=O) groups is 1. The van der Waals surface area contributed by atoms with Crippen LogP contribution in [0.2, 0.25) is 0 Å². The van der Waals surface area contributed by atoms with Crippen LogP contribution >= 0.6 is 0 Å². The van der Waals surface area contributed by atoms with E-state index in [-0.39, 0.29) is 5.78 Å². The largest absolute Gasteiger partial charge is 0.489 e. The fraction of sp³-hybridized carbons (Fsp3) is 0.0833. The molecule has 136 valence electrons. The molecule has 2 heterocycles. The number of carbonyl (C=O) groups excluding carboxylic acids is 1. The molecule has 0 fully saturated rings. The highest BCUT2D eigenvalue weighted by molar-refractivity contribution is 6.11. The van der Waals surface area contributed by atoms with Crippen LogP contribution in [0.3, 0.4) is 0 Å². The van der Waals surface area contributed by atoms with Gasteiger partial charge >= 0.3 is 0 Å². The van der Waals surface area contributed by atoms with Crippen molar-refractivity contribution in [2.45, 2.75) is 6.61 Å². The van der Waals surface area contributed by atoms with E-state index in [0.29, 0.717) is 29.4 Å². The van der Waals surface area contributed by atoms with E-state index in [9.17, 15) is 4.79 Å². The predicted octanol–water partition coefficient (Wildman–Crippen LogP) is 5.03. The van der Waals surface area contributed by atoms with Gasteiger partial charge in [0.2, 0.25) is 5.88 Å². The maximum atomic E-state index is 13.1. The Bertz CT molecular complexity index is 1230. The normalized spacial score (nSPS) is 12.7. The molecule has 1 aromatic heterocycles. The topological polar surface area (TPSA) is 48.4 Å². The molecule has 28 heavy (non-hydrogen) atoms. The molecule has 1 aliphatic rings. The van der Waals surface area contributed by atoms with Crippen LogP contribution in [-0.2, 0) is 6.61 Å². The number of hydrogen-bond acceptors (Lipinski definition) is 4. The molecule has 4 heteroatoms. The maximum Gasteiger partial charge on any atom is 0.214 e. The van der Waals surface area contributed by atoms with Crippen LogP contribution in [0.1, 0.15) is 21.5 Å². The van der Waals surface area contributed by atoms with Crippen molar-refractivity contribution in [2.75, 3.05) is 7.11 Å². The first-order valence-electron chi connectivity index (χ1n) is 9.07. The lowest BCUT2D eigenvalue weighted by Crippen LogP contribution is -2.02. The minimum Gasteiger partial charge on any atom is -0.489 e. The molecule has 6 bridgehead atoms. The summed E-state index contributed by atoms with van der Waals surface area (Å²) in [4.78, 5) is 17.6. The molecule has 0 saturated heterocycles. The second kappa shape index (κ2) is 6.50. The van der Waals surface area contributed by atoms with Crippen LogP contribution in [-0.4, -0.2) is 17.9 Å². The van der Waals surface area contributed by atoms with Gasteiger partial charge < -0.3 is 9.47 Å². The van der Waals surface area contributed by atoms with Gasteiger partial charge in [-0.05, 0) is 53.1 Å². The zero-order valence-corrected chi connectivity index (χ0v) is 15.3. The van der Waals surface area contributed by atoms with Gasteiger partial charge in [-0.2, -0.15) is 0 Å². The molecule has 0 saturated carbocycles. The first kappa shape index (κ1) is 16.5. The molecule has 4 aromatic rings. The van der Waals surface area contributed by atoms with E-state index < -0.39 is 0 Å². The summed E-state index contributed by atoms with van der Waals surface area (Å²) in [6.45, 7) is 0.425. The summed E-state index contributed by atoms with van der Waals surface area (Å²) in [5.74, 6) is 1.18. The number of aromatic nitrogens is 1. The van der Waals surface area contributed by atoms with Crippen LogP contribution in [0.4, 0.5) is 0 Å². The molecule has 0 aliphatic carbocycles. The third-order valence-electron chi connectivity index (χ3n) is 5.00. The Morgan fingerprint density at radius 1 is 0.893 bits per heavy atom. The Morgan fingerprint density at radius 3 is 2.61 bits per heavy atom. The summed E-state index contributed by atoms with van der Waals surface area (Å²) in [5.41, 5.74) is 5.07. The van der Waals surface area contributed by atoms with Crippen molar-refractivity contribution < 1.29 is 14.3 Å². The summed E-state index contributed by atoms with van der Waals surface area (Å²) in [7, 11) is 1.61. The second-order valence-electron chi connectivity index (χ2n) is 6.79. The van der Waals surface area contributed by atoms with Gasteiger partial charge in [0.05, 0.1) is 12.6 Å². The van der Waals surface area contributed by atoms with Crippen LogP contribution in [0.5, 0.6) is 11.6 Å². The molecule has 0 N–H and O–H groups in total. The lowest BCUT2D eigenvalue weighted by atomic mass is 9.96. The number of pyridine rings is 1. The van der Waals surface area contributed by atoms with Crippen molar-refractivity contribution in [3.63, 3.8) is 0 Å². The van der Waals surface area contributed by atoms with Crippen LogP contribution < -0.4 is 9.47 Å². The average Bonchev–Trinajstić information content (AvgIpc) is 2.76. The third kappa shape index (κ3) is 2.79. The molecule has 3 aromatic carbocycles. The molecule has 0 atom stereocenters. The molecule has 4 nitrogen and oxygen atoms in total. The van der Waals surface area contributed by atoms with Crippen molar-refractivity contribution >= 4 is 16.7 Å². The van der Waals surface area contributed by atoms with Gasteiger partial charge in [0.1, 0.15) is 12.4 Å². The van der Waals surface area contributed by atoms with Crippen molar-refractivity contribution in [2.24, 2.45) is 0 Å². The summed E-state index contributed by atoms with van der Waals surface area (Å²) < 4.78 is 11.3. The molecule has 0 amide bonds. The van der Waals surface area contributed by atoms with E-state index in [1.54, 1.807) is 13.2 Å². The molecule has 0 unspecified atom stereocenters. The van der Waals surface area contributed by atoms with Crippen molar-refractivity contribution in [1.29, 1.82) is 0 Å². The summed E-state index contributed by atoms with van der Waals surface area (Å²) in [6, 6.07) is 23.0. The summed E-state index contributed by atoms with van der Waals surface area (Å²) >= 11 is 0. The monoisotopic (exact) mass is 367 g/mol. The number of nitrogens with zero attached hydrogens (tertiary/aromatic N) is 1. The van der Waals surface area contributed by atoms with Crippen molar-refractivity contribution in [3.8, 4) is 22.8 Å². The van der Waals surface area contributed by atoms with E-state index in [2.05, 4.69) is 11.1 Å². The SMILES string of the molecule is COc1cc2c3cc(ccc3n1)C(=O)c1cccc(c1)OCc1cccc-2c1. The number of hydrogen-bond donors (Lipinski definition) is 0. The number of methoxy groups -OCH3 is 1. The van der Waals surface area contributed by atoms with Crippen LogP contribution in [0, 0.1) is 0 Å². The van der Waals surface area contributed by atoms with E-state index >= 15 is 0 Å². The Balaban J connectivity index is 1.83. The smallest absolute Gasteiger partial charge is 0.214 e. The standard InChI is InChI=1S/C24H17NO3/c1-27-23-13-20-16-5-2-4-15(10-16)14-28-19-7-3-6-17(11-19)24(26)18-8-9-22(25-23)21(20)12-18/h2-13H,14H2,1H3. The number of fused-ring (bicyclic) bond motifs is 6. The van der Waals surface area contributed by atoms with E-state index in [4.69, 9.17) is 9.47 Å². The molecular formula is C24H17NO3. The molecule has 0 radical (unpaired) electrons. The Morgan fingerprint density at radius 2 is 1.71 bits per heavy atom. The quantitative estimate of drug-likeness (QED) is 0.473. The molecular weight excluding hydrogens is 350 g/mol. The lowest BCUT2D eigenvalue weighted by Gasteiger charge is -2.11. The van der Waals surface area contributed by atoms with Gasteiger partial charge in [0, 0.05) is 22.6 Å².